The highest BCUT2D eigenvalue weighted by atomic mass is 32.2. The van der Waals surface area contributed by atoms with Gasteiger partial charge in [-0.1, -0.05) is 6.92 Å². The quantitative estimate of drug-likeness (QED) is 0.843. The monoisotopic (exact) mass is 349 g/mol. The van der Waals surface area contributed by atoms with Gasteiger partial charge in [0.05, 0.1) is 10.8 Å². The van der Waals surface area contributed by atoms with Crippen molar-refractivity contribution in [3.8, 4) is 0 Å². The van der Waals surface area contributed by atoms with Gasteiger partial charge in [-0.25, -0.2) is 8.42 Å². The summed E-state index contributed by atoms with van der Waals surface area (Å²) in [6, 6.07) is 4.06. The maximum absolute atomic E-state index is 12.5. The Hall–Kier alpha value is -1.57. The van der Waals surface area contributed by atoms with E-state index in [1.807, 2.05) is 0 Å². The number of alkyl halides is 3. The minimum atomic E-state index is -4.44. The Labute approximate surface area is 133 Å². The number of likely N-dealkylation sites (tertiary alicyclic amines) is 1. The summed E-state index contributed by atoms with van der Waals surface area (Å²) in [7, 11) is -3.12. The van der Waals surface area contributed by atoms with E-state index in [9.17, 15) is 26.4 Å². The molecule has 0 aromatic heterocycles. The van der Waals surface area contributed by atoms with Crippen LogP contribution in [0.3, 0.4) is 0 Å². The molecule has 8 heteroatoms. The van der Waals surface area contributed by atoms with Gasteiger partial charge in [0, 0.05) is 24.4 Å². The molecule has 0 aliphatic carbocycles. The van der Waals surface area contributed by atoms with Crippen LogP contribution in [0, 0.1) is 0 Å². The molecule has 1 aromatic rings. The second kappa shape index (κ2) is 6.51. The number of hydrogen-bond acceptors (Lipinski definition) is 3. The van der Waals surface area contributed by atoms with E-state index in [-0.39, 0.29) is 17.2 Å². The Kier molecular flexibility index (Phi) is 5.03. The highest BCUT2D eigenvalue weighted by Gasteiger charge is 2.32. The molecule has 0 atom stereocenters. The lowest BCUT2D eigenvalue weighted by atomic mass is 10.1. The predicted molar refractivity (Wildman–Crippen MR) is 79.8 cm³/mol. The molecule has 2 rings (SSSR count). The molecule has 4 nitrogen and oxygen atoms in total. The van der Waals surface area contributed by atoms with Gasteiger partial charge in [-0.15, -0.1) is 0 Å². The van der Waals surface area contributed by atoms with Crippen LogP contribution in [0.25, 0.3) is 0 Å². The summed E-state index contributed by atoms with van der Waals surface area (Å²) >= 11 is 0. The van der Waals surface area contributed by atoms with Gasteiger partial charge in [0.1, 0.15) is 0 Å². The number of carbonyl (C=O) groups is 1. The minimum absolute atomic E-state index is 0.0739. The zero-order valence-electron chi connectivity index (χ0n) is 12.6. The maximum atomic E-state index is 12.5. The number of sulfone groups is 1. The van der Waals surface area contributed by atoms with Gasteiger partial charge >= 0.3 is 6.18 Å². The zero-order valence-corrected chi connectivity index (χ0v) is 13.5. The largest absolute Gasteiger partial charge is 0.416 e. The lowest BCUT2D eigenvalue weighted by Gasteiger charge is -2.31. The number of nitrogens with zero attached hydrogens (tertiary/aromatic N) is 1. The van der Waals surface area contributed by atoms with Crippen molar-refractivity contribution in [2.75, 3.05) is 18.8 Å². The van der Waals surface area contributed by atoms with Crippen LogP contribution in [0.2, 0.25) is 0 Å². The number of piperidine rings is 1. The molecule has 0 bridgehead atoms. The van der Waals surface area contributed by atoms with Gasteiger partial charge in [0.25, 0.3) is 5.91 Å². The first kappa shape index (κ1) is 17.8. The van der Waals surface area contributed by atoms with Crippen molar-refractivity contribution >= 4 is 15.7 Å². The number of benzene rings is 1. The van der Waals surface area contributed by atoms with Crippen molar-refractivity contribution < 1.29 is 26.4 Å². The number of carbonyl (C=O) groups excluding carboxylic acids is 1. The molecular formula is C15H18F3NO3S. The molecule has 0 N–H and O–H groups in total. The molecule has 23 heavy (non-hydrogen) atoms. The highest BCUT2D eigenvalue weighted by Crippen LogP contribution is 2.29. The van der Waals surface area contributed by atoms with Gasteiger partial charge in [0.15, 0.2) is 9.84 Å². The fraction of sp³-hybridized carbons (Fsp3) is 0.533. The maximum Gasteiger partial charge on any atom is 0.416 e. The van der Waals surface area contributed by atoms with E-state index in [2.05, 4.69) is 0 Å². The van der Waals surface area contributed by atoms with E-state index in [1.165, 1.54) is 4.90 Å². The normalized spacial score (nSPS) is 17.3. The van der Waals surface area contributed by atoms with Crippen LogP contribution in [-0.4, -0.2) is 43.3 Å². The Morgan fingerprint density at radius 2 is 1.70 bits per heavy atom. The lowest BCUT2D eigenvalue weighted by molar-refractivity contribution is -0.137. The Bertz CT molecular complexity index is 660. The van der Waals surface area contributed by atoms with Crippen LogP contribution in [-0.2, 0) is 16.0 Å². The van der Waals surface area contributed by atoms with Crippen LogP contribution in [0.5, 0.6) is 0 Å². The predicted octanol–water partition coefficient (Wildman–Crippen LogP) is 2.74. The Morgan fingerprint density at radius 1 is 1.17 bits per heavy atom. The second-order valence-corrected chi connectivity index (χ2v) is 8.09. The molecule has 1 amide bonds. The van der Waals surface area contributed by atoms with Crippen LogP contribution in [0.15, 0.2) is 24.3 Å². The average molecular weight is 349 g/mol. The van der Waals surface area contributed by atoms with Gasteiger partial charge in [-0.05, 0) is 37.1 Å². The summed E-state index contributed by atoms with van der Waals surface area (Å²) in [5.74, 6) is -0.295. The Morgan fingerprint density at radius 3 is 2.13 bits per heavy atom. The smallest absolute Gasteiger partial charge is 0.339 e. The standard InChI is InChI=1S/C15H18F3NO3S/c1-2-23(21,22)13-7-9-19(10-8-13)14(20)11-3-5-12(6-4-11)15(16,17)18/h3-6,13H,2,7-10H2,1H3. The van der Waals surface area contributed by atoms with Gasteiger partial charge in [-0.2, -0.15) is 13.2 Å². The van der Waals surface area contributed by atoms with Crippen molar-refractivity contribution in [1.29, 1.82) is 0 Å². The molecule has 1 heterocycles. The molecule has 1 aliphatic heterocycles. The number of halogens is 3. The van der Waals surface area contributed by atoms with Crippen LogP contribution in [0.1, 0.15) is 35.7 Å². The van der Waals surface area contributed by atoms with Crippen LogP contribution < -0.4 is 0 Å². The van der Waals surface area contributed by atoms with Crippen molar-refractivity contribution in [1.82, 2.24) is 4.90 Å². The molecular weight excluding hydrogens is 331 g/mol. The van der Waals surface area contributed by atoms with Crippen LogP contribution in [0.4, 0.5) is 13.2 Å². The van der Waals surface area contributed by atoms with E-state index in [1.54, 1.807) is 6.92 Å². The first-order valence-corrected chi connectivity index (χ1v) is 9.05. The third-order valence-corrected chi connectivity index (χ3v) is 6.39. The molecule has 0 spiro atoms. The molecule has 128 valence electrons. The van der Waals surface area contributed by atoms with E-state index in [0.29, 0.717) is 25.9 Å². The number of amides is 1. The molecule has 0 unspecified atom stereocenters. The van der Waals surface area contributed by atoms with Crippen LogP contribution >= 0.6 is 0 Å². The third-order valence-electron chi connectivity index (χ3n) is 4.10. The first-order chi connectivity index (χ1) is 10.6. The lowest BCUT2D eigenvalue weighted by Crippen LogP contribution is -2.42. The average Bonchev–Trinajstić information content (AvgIpc) is 2.53. The third kappa shape index (κ3) is 4.04. The molecule has 1 fully saturated rings. The second-order valence-electron chi connectivity index (χ2n) is 5.52. The number of hydrogen-bond donors (Lipinski definition) is 0. The molecule has 0 radical (unpaired) electrons. The van der Waals surface area contributed by atoms with E-state index >= 15 is 0 Å². The summed E-state index contributed by atoms with van der Waals surface area (Å²) in [5, 5.41) is -0.441. The summed E-state index contributed by atoms with van der Waals surface area (Å²) in [5.41, 5.74) is -0.628. The van der Waals surface area contributed by atoms with Crippen molar-refractivity contribution in [2.24, 2.45) is 0 Å². The topological polar surface area (TPSA) is 54.5 Å². The number of rotatable bonds is 3. The molecule has 1 aromatic carbocycles. The van der Waals surface area contributed by atoms with Gasteiger partial charge < -0.3 is 4.90 Å². The SMILES string of the molecule is CCS(=O)(=O)C1CCN(C(=O)c2ccc(C(F)(F)F)cc2)CC1. The summed E-state index contributed by atoms with van der Waals surface area (Å²) in [4.78, 5) is 13.8. The van der Waals surface area contributed by atoms with E-state index in [0.717, 1.165) is 24.3 Å². The molecule has 0 saturated carbocycles. The van der Waals surface area contributed by atoms with Gasteiger partial charge in [0.2, 0.25) is 0 Å². The van der Waals surface area contributed by atoms with Crippen molar-refractivity contribution in [2.45, 2.75) is 31.2 Å². The fourth-order valence-electron chi connectivity index (χ4n) is 2.64. The van der Waals surface area contributed by atoms with Crippen molar-refractivity contribution in [3.05, 3.63) is 35.4 Å². The first-order valence-electron chi connectivity index (χ1n) is 7.33. The summed E-state index contributed by atoms with van der Waals surface area (Å²) < 4.78 is 61.2. The fourth-order valence-corrected chi connectivity index (χ4v) is 4.04. The highest BCUT2D eigenvalue weighted by molar-refractivity contribution is 7.92. The van der Waals surface area contributed by atoms with E-state index in [4.69, 9.17) is 0 Å². The zero-order chi connectivity index (χ0) is 17.3. The summed E-state index contributed by atoms with van der Waals surface area (Å²) in [6.07, 6.45) is -3.71. The van der Waals surface area contributed by atoms with Crippen molar-refractivity contribution in [3.63, 3.8) is 0 Å². The Balaban J connectivity index is 2.03. The van der Waals surface area contributed by atoms with Gasteiger partial charge in [-0.3, -0.25) is 4.79 Å². The minimum Gasteiger partial charge on any atom is -0.339 e. The molecule has 1 saturated heterocycles. The summed E-state index contributed by atoms with van der Waals surface area (Å²) in [6.45, 7) is 2.18. The van der Waals surface area contributed by atoms with E-state index < -0.39 is 26.8 Å². The molecule has 1 aliphatic rings.